The highest BCUT2D eigenvalue weighted by Crippen LogP contribution is 2.27. The van der Waals surface area contributed by atoms with Crippen molar-refractivity contribution in [1.82, 2.24) is 9.21 Å². The summed E-state index contributed by atoms with van der Waals surface area (Å²) < 4.78 is 25.0. The Bertz CT molecular complexity index is 670. The molecule has 136 valence electrons. The molecule has 0 fully saturated rings. The molecule has 0 aliphatic rings. The molecule has 1 aromatic carbocycles. The highest BCUT2D eigenvalue weighted by Gasteiger charge is 2.21. The lowest BCUT2D eigenvalue weighted by atomic mass is 9.98. The maximum absolute atomic E-state index is 12.4. The van der Waals surface area contributed by atoms with Crippen LogP contribution in [0.15, 0.2) is 18.2 Å². The zero-order valence-electron chi connectivity index (χ0n) is 15.5. The molecule has 0 aliphatic carbocycles. The van der Waals surface area contributed by atoms with Crippen LogP contribution in [0.5, 0.6) is 0 Å². The predicted molar refractivity (Wildman–Crippen MR) is 98.9 cm³/mol. The van der Waals surface area contributed by atoms with Crippen LogP contribution in [-0.2, 0) is 14.8 Å². The third kappa shape index (κ3) is 6.22. The van der Waals surface area contributed by atoms with E-state index in [0.29, 0.717) is 6.54 Å². The summed E-state index contributed by atoms with van der Waals surface area (Å²) in [6.45, 7) is 6.71. The summed E-state index contributed by atoms with van der Waals surface area (Å²) in [7, 11) is 0.289. The van der Waals surface area contributed by atoms with E-state index in [1.807, 2.05) is 44.1 Å². The normalized spacial score (nSPS) is 12.2. The van der Waals surface area contributed by atoms with Crippen molar-refractivity contribution >= 4 is 21.6 Å². The number of benzene rings is 1. The van der Waals surface area contributed by atoms with E-state index in [2.05, 4.69) is 19.2 Å². The Labute approximate surface area is 145 Å². The highest BCUT2D eigenvalue weighted by molar-refractivity contribution is 7.88. The number of para-hydroxylation sites is 1. The summed E-state index contributed by atoms with van der Waals surface area (Å²) in [5.74, 6) is -0.0599. The summed E-state index contributed by atoms with van der Waals surface area (Å²) in [6, 6.07) is 5.87. The Balaban J connectivity index is 2.91. The van der Waals surface area contributed by atoms with Crippen LogP contribution in [0.3, 0.4) is 0 Å². The van der Waals surface area contributed by atoms with Crippen molar-refractivity contribution < 1.29 is 13.2 Å². The zero-order valence-corrected chi connectivity index (χ0v) is 16.3. The van der Waals surface area contributed by atoms with Crippen molar-refractivity contribution in [3.05, 3.63) is 29.3 Å². The number of carbonyl (C=O) groups excluding carboxylic acids is 1. The van der Waals surface area contributed by atoms with Crippen LogP contribution < -0.4 is 5.32 Å². The first-order valence-corrected chi connectivity index (χ1v) is 9.86. The van der Waals surface area contributed by atoms with Crippen LogP contribution in [0.4, 0.5) is 5.69 Å². The zero-order chi connectivity index (χ0) is 18.5. The molecule has 0 atom stereocenters. The third-order valence-electron chi connectivity index (χ3n) is 3.78. The molecule has 0 aliphatic heterocycles. The maximum Gasteiger partial charge on any atom is 0.239 e. The second kappa shape index (κ2) is 8.60. The minimum Gasteiger partial charge on any atom is -0.324 e. The van der Waals surface area contributed by atoms with Crippen LogP contribution >= 0.6 is 0 Å². The monoisotopic (exact) mass is 355 g/mol. The van der Waals surface area contributed by atoms with E-state index in [1.54, 1.807) is 0 Å². The van der Waals surface area contributed by atoms with E-state index in [1.165, 1.54) is 4.31 Å². The number of aryl methyl sites for hydroxylation is 1. The van der Waals surface area contributed by atoms with Crippen LogP contribution in [0.25, 0.3) is 0 Å². The van der Waals surface area contributed by atoms with Gasteiger partial charge in [-0.2, -0.15) is 4.31 Å². The number of nitrogens with zero attached hydrogens (tertiary/aromatic N) is 2. The molecule has 0 saturated carbocycles. The molecule has 0 spiro atoms. The lowest BCUT2D eigenvalue weighted by molar-refractivity contribution is -0.116. The van der Waals surface area contributed by atoms with Gasteiger partial charge in [0, 0.05) is 18.8 Å². The number of hydrogen-bond donors (Lipinski definition) is 1. The summed E-state index contributed by atoms with van der Waals surface area (Å²) in [6.07, 6.45) is 1.13. The van der Waals surface area contributed by atoms with E-state index in [4.69, 9.17) is 0 Å². The Kier molecular flexibility index (Phi) is 7.38. The lowest BCUT2D eigenvalue weighted by Crippen LogP contribution is -2.41. The summed E-state index contributed by atoms with van der Waals surface area (Å²) >= 11 is 0. The topological polar surface area (TPSA) is 69.7 Å². The number of nitrogens with one attached hydrogen (secondary N) is 1. The Hall–Kier alpha value is -1.44. The molecule has 24 heavy (non-hydrogen) atoms. The van der Waals surface area contributed by atoms with Gasteiger partial charge < -0.3 is 10.2 Å². The van der Waals surface area contributed by atoms with Gasteiger partial charge in [0.1, 0.15) is 0 Å². The van der Waals surface area contributed by atoms with Crippen molar-refractivity contribution in [1.29, 1.82) is 0 Å². The van der Waals surface area contributed by atoms with Crippen LogP contribution in [0.2, 0.25) is 0 Å². The molecular formula is C17H29N3O3S. The van der Waals surface area contributed by atoms with Crippen LogP contribution in [-0.4, -0.2) is 63.5 Å². The van der Waals surface area contributed by atoms with E-state index in [-0.39, 0.29) is 24.9 Å². The van der Waals surface area contributed by atoms with Crippen molar-refractivity contribution in [2.45, 2.75) is 26.7 Å². The fourth-order valence-corrected chi connectivity index (χ4v) is 3.12. The first-order valence-electron chi connectivity index (χ1n) is 8.01. The first kappa shape index (κ1) is 20.6. The van der Waals surface area contributed by atoms with Gasteiger partial charge in [-0.15, -0.1) is 0 Å². The van der Waals surface area contributed by atoms with Gasteiger partial charge in [0.2, 0.25) is 15.9 Å². The van der Waals surface area contributed by atoms with Gasteiger partial charge in [-0.25, -0.2) is 8.42 Å². The lowest BCUT2D eigenvalue weighted by Gasteiger charge is -2.22. The van der Waals surface area contributed by atoms with Gasteiger partial charge in [-0.3, -0.25) is 4.79 Å². The van der Waals surface area contributed by atoms with Crippen molar-refractivity contribution in [3.8, 4) is 0 Å². The first-order chi connectivity index (χ1) is 11.0. The average Bonchev–Trinajstić information content (AvgIpc) is 2.43. The second-order valence-electron chi connectivity index (χ2n) is 6.64. The smallest absolute Gasteiger partial charge is 0.239 e. The molecule has 1 amide bonds. The number of carbonyl (C=O) groups is 1. The van der Waals surface area contributed by atoms with Crippen molar-refractivity contribution in [3.63, 3.8) is 0 Å². The van der Waals surface area contributed by atoms with E-state index < -0.39 is 10.0 Å². The molecule has 1 rings (SSSR count). The molecule has 0 aromatic heterocycles. The largest absolute Gasteiger partial charge is 0.324 e. The average molecular weight is 356 g/mol. The minimum absolute atomic E-state index is 0.182. The molecule has 0 unspecified atom stereocenters. The van der Waals surface area contributed by atoms with Gasteiger partial charge in [0.05, 0.1) is 12.8 Å². The molecule has 0 saturated heterocycles. The molecule has 1 N–H and O–H groups in total. The third-order valence-corrected chi connectivity index (χ3v) is 5.03. The second-order valence-corrected chi connectivity index (χ2v) is 8.62. The minimum atomic E-state index is -3.44. The van der Waals surface area contributed by atoms with Crippen LogP contribution in [0, 0.1) is 6.92 Å². The fraction of sp³-hybridized carbons (Fsp3) is 0.588. The quantitative estimate of drug-likeness (QED) is 0.773. The standard InChI is InChI=1S/C17H29N3O3S/c1-13(2)15-9-7-8-14(3)17(15)18-16(21)12-20(24(6,22)23)11-10-19(4)5/h7-9,13H,10-12H2,1-6H3,(H,18,21). The Morgan fingerprint density at radius 3 is 2.33 bits per heavy atom. The number of hydrogen-bond acceptors (Lipinski definition) is 4. The fourth-order valence-electron chi connectivity index (χ4n) is 2.36. The Morgan fingerprint density at radius 1 is 1.21 bits per heavy atom. The van der Waals surface area contributed by atoms with Gasteiger partial charge in [-0.1, -0.05) is 32.0 Å². The molecule has 0 radical (unpaired) electrons. The number of amides is 1. The van der Waals surface area contributed by atoms with Crippen LogP contribution in [0.1, 0.15) is 30.9 Å². The van der Waals surface area contributed by atoms with Crippen molar-refractivity contribution in [2.75, 3.05) is 45.3 Å². The molecule has 0 heterocycles. The highest BCUT2D eigenvalue weighted by atomic mass is 32.2. The molecule has 1 aromatic rings. The summed E-state index contributed by atoms with van der Waals surface area (Å²) in [5.41, 5.74) is 2.79. The van der Waals surface area contributed by atoms with E-state index in [9.17, 15) is 13.2 Å². The van der Waals surface area contributed by atoms with E-state index >= 15 is 0 Å². The predicted octanol–water partition coefficient (Wildman–Crippen LogP) is 1.88. The van der Waals surface area contributed by atoms with Gasteiger partial charge >= 0.3 is 0 Å². The Morgan fingerprint density at radius 2 is 1.83 bits per heavy atom. The molecular weight excluding hydrogens is 326 g/mol. The number of sulfonamides is 1. The molecule has 6 nitrogen and oxygen atoms in total. The SMILES string of the molecule is Cc1cccc(C(C)C)c1NC(=O)CN(CCN(C)C)S(C)(=O)=O. The number of likely N-dealkylation sites (N-methyl/N-ethyl adjacent to an activating group) is 1. The number of anilines is 1. The van der Waals surface area contributed by atoms with E-state index in [0.717, 1.165) is 23.1 Å². The summed E-state index contributed by atoms with van der Waals surface area (Å²) in [4.78, 5) is 14.3. The van der Waals surface area contributed by atoms with Gasteiger partial charge in [0.25, 0.3) is 0 Å². The van der Waals surface area contributed by atoms with Gasteiger partial charge in [0.15, 0.2) is 0 Å². The maximum atomic E-state index is 12.4. The number of rotatable bonds is 8. The van der Waals surface area contributed by atoms with Crippen molar-refractivity contribution in [2.24, 2.45) is 0 Å². The molecule has 7 heteroatoms. The molecule has 0 bridgehead atoms. The summed E-state index contributed by atoms with van der Waals surface area (Å²) in [5, 5.41) is 2.89. The van der Waals surface area contributed by atoms with Gasteiger partial charge in [-0.05, 0) is 38.1 Å².